The van der Waals surface area contributed by atoms with Gasteiger partial charge in [-0.3, -0.25) is 10.1 Å². The number of benzene rings is 1. The lowest BCUT2D eigenvalue weighted by atomic mass is 10.1. The molecule has 0 aliphatic carbocycles. The van der Waals surface area contributed by atoms with Crippen LogP contribution in [0, 0.1) is 13.8 Å². The second-order valence-electron chi connectivity index (χ2n) is 3.65. The van der Waals surface area contributed by atoms with Crippen LogP contribution in [-0.4, -0.2) is 16.1 Å². The zero-order valence-electron chi connectivity index (χ0n) is 9.52. The van der Waals surface area contributed by atoms with Crippen LogP contribution >= 0.6 is 11.3 Å². The molecule has 1 aromatic heterocycles. The molecule has 0 radical (unpaired) electrons. The Hall–Kier alpha value is -1.95. The van der Waals surface area contributed by atoms with E-state index in [0.29, 0.717) is 16.4 Å². The van der Waals surface area contributed by atoms with Gasteiger partial charge in [-0.15, -0.1) is 10.2 Å². The van der Waals surface area contributed by atoms with Crippen molar-refractivity contribution in [3.05, 3.63) is 34.3 Å². The average Bonchev–Trinajstić information content (AvgIpc) is 2.68. The summed E-state index contributed by atoms with van der Waals surface area (Å²) in [5.74, 6) is -0.229. The number of aryl methyl sites for hydroxylation is 2. The van der Waals surface area contributed by atoms with Gasteiger partial charge in [-0.2, -0.15) is 0 Å². The third-order valence-corrected chi connectivity index (χ3v) is 3.04. The second kappa shape index (κ2) is 4.50. The van der Waals surface area contributed by atoms with Gasteiger partial charge in [0.2, 0.25) is 5.13 Å². The van der Waals surface area contributed by atoms with Crippen LogP contribution < -0.4 is 11.1 Å². The third kappa shape index (κ3) is 2.59. The number of anilines is 2. The largest absolute Gasteiger partial charge is 0.398 e. The van der Waals surface area contributed by atoms with Crippen LogP contribution in [0.15, 0.2) is 18.2 Å². The monoisotopic (exact) mass is 248 g/mol. The maximum absolute atomic E-state index is 11.9. The lowest BCUT2D eigenvalue weighted by Crippen LogP contribution is -2.12. The van der Waals surface area contributed by atoms with Gasteiger partial charge in [-0.05, 0) is 31.5 Å². The van der Waals surface area contributed by atoms with E-state index in [2.05, 4.69) is 15.5 Å². The Kier molecular flexibility index (Phi) is 3.06. The molecule has 0 aliphatic rings. The highest BCUT2D eigenvalue weighted by atomic mass is 32.1. The molecule has 1 heterocycles. The predicted octanol–water partition coefficient (Wildman–Crippen LogP) is 1.99. The van der Waals surface area contributed by atoms with Crippen molar-refractivity contribution in [1.29, 1.82) is 0 Å². The Balaban J connectivity index is 2.17. The lowest BCUT2D eigenvalue weighted by molar-refractivity contribution is 0.102. The van der Waals surface area contributed by atoms with Crippen molar-refractivity contribution in [2.75, 3.05) is 11.1 Å². The SMILES string of the molecule is Cc1nnc(NC(=O)c2ccc(C)c(N)c2)s1. The third-order valence-electron chi connectivity index (χ3n) is 2.29. The molecule has 0 unspecified atom stereocenters. The van der Waals surface area contributed by atoms with E-state index in [1.807, 2.05) is 19.9 Å². The topological polar surface area (TPSA) is 80.9 Å². The molecule has 1 amide bonds. The van der Waals surface area contributed by atoms with Crippen LogP contribution in [0.4, 0.5) is 10.8 Å². The van der Waals surface area contributed by atoms with Gasteiger partial charge in [0.15, 0.2) is 0 Å². The maximum Gasteiger partial charge on any atom is 0.257 e. The minimum absolute atomic E-state index is 0.229. The molecule has 0 fully saturated rings. The van der Waals surface area contributed by atoms with Gasteiger partial charge in [0.05, 0.1) is 0 Å². The summed E-state index contributed by atoms with van der Waals surface area (Å²) in [6.07, 6.45) is 0. The Morgan fingerprint density at radius 1 is 1.35 bits per heavy atom. The van der Waals surface area contributed by atoms with Gasteiger partial charge in [0.1, 0.15) is 5.01 Å². The van der Waals surface area contributed by atoms with E-state index in [0.717, 1.165) is 10.6 Å². The summed E-state index contributed by atoms with van der Waals surface area (Å²) in [4.78, 5) is 11.9. The zero-order valence-corrected chi connectivity index (χ0v) is 10.3. The number of nitrogen functional groups attached to an aromatic ring is 1. The number of nitrogens with one attached hydrogen (secondary N) is 1. The molecule has 0 aliphatic heterocycles. The lowest BCUT2D eigenvalue weighted by Gasteiger charge is -2.04. The van der Waals surface area contributed by atoms with Crippen LogP contribution in [0.5, 0.6) is 0 Å². The van der Waals surface area contributed by atoms with Gasteiger partial charge in [-0.25, -0.2) is 0 Å². The highest BCUT2D eigenvalue weighted by Gasteiger charge is 2.09. The van der Waals surface area contributed by atoms with E-state index in [9.17, 15) is 4.79 Å². The van der Waals surface area contributed by atoms with Crippen molar-refractivity contribution in [3.63, 3.8) is 0 Å². The Morgan fingerprint density at radius 3 is 2.71 bits per heavy atom. The average molecular weight is 248 g/mol. The molecular formula is C11H12N4OS. The molecule has 17 heavy (non-hydrogen) atoms. The molecule has 0 saturated carbocycles. The highest BCUT2D eigenvalue weighted by molar-refractivity contribution is 7.15. The van der Waals surface area contributed by atoms with Gasteiger partial charge in [0.25, 0.3) is 5.91 Å². The molecule has 1 aromatic carbocycles. The minimum atomic E-state index is -0.229. The van der Waals surface area contributed by atoms with Crippen LogP contribution in [0.25, 0.3) is 0 Å². The molecule has 2 aromatic rings. The second-order valence-corrected chi connectivity index (χ2v) is 4.83. The van der Waals surface area contributed by atoms with Gasteiger partial charge in [0, 0.05) is 11.3 Å². The van der Waals surface area contributed by atoms with Gasteiger partial charge < -0.3 is 5.73 Å². The standard InChI is InChI=1S/C11H12N4OS/c1-6-3-4-8(5-9(6)12)10(16)13-11-15-14-7(2)17-11/h3-5H,12H2,1-2H3,(H,13,15,16). The van der Waals surface area contributed by atoms with E-state index in [4.69, 9.17) is 5.73 Å². The van der Waals surface area contributed by atoms with Gasteiger partial charge >= 0.3 is 0 Å². The van der Waals surface area contributed by atoms with E-state index in [1.165, 1.54) is 11.3 Å². The van der Waals surface area contributed by atoms with Crippen molar-refractivity contribution in [2.45, 2.75) is 13.8 Å². The highest BCUT2D eigenvalue weighted by Crippen LogP contribution is 2.17. The Labute approximate surface area is 103 Å². The number of hydrogen-bond acceptors (Lipinski definition) is 5. The Morgan fingerprint density at radius 2 is 2.12 bits per heavy atom. The first-order valence-electron chi connectivity index (χ1n) is 5.04. The first kappa shape index (κ1) is 11.5. The first-order chi connectivity index (χ1) is 8.06. The fraction of sp³-hybridized carbons (Fsp3) is 0.182. The zero-order chi connectivity index (χ0) is 12.4. The van der Waals surface area contributed by atoms with Crippen molar-refractivity contribution in [2.24, 2.45) is 0 Å². The van der Waals surface area contributed by atoms with E-state index < -0.39 is 0 Å². The number of hydrogen-bond donors (Lipinski definition) is 2. The first-order valence-corrected chi connectivity index (χ1v) is 5.85. The van der Waals surface area contributed by atoms with Gasteiger partial charge in [-0.1, -0.05) is 17.4 Å². The smallest absolute Gasteiger partial charge is 0.257 e. The summed E-state index contributed by atoms with van der Waals surface area (Å²) in [6.45, 7) is 3.72. The fourth-order valence-electron chi connectivity index (χ4n) is 1.30. The van der Waals surface area contributed by atoms with E-state index in [1.54, 1.807) is 12.1 Å². The van der Waals surface area contributed by atoms with Crippen LogP contribution in [-0.2, 0) is 0 Å². The summed E-state index contributed by atoms with van der Waals surface area (Å²) >= 11 is 1.33. The molecule has 5 nitrogen and oxygen atoms in total. The molecule has 0 spiro atoms. The van der Waals surface area contributed by atoms with Crippen LogP contribution in [0.1, 0.15) is 20.9 Å². The number of aromatic nitrogens is 2. The number of amides is 1. The number of nitrogens with two attached hydrogens (primary N) is 1. The summed E-state index contributed by atoms with van der Waals surface area (Å²) in [7, 11) is 0. The summed E-state index contributed by atoms with van der Waals surface area (Å²) < 4.78 is 0. The fourth-order valence-corrected chi connectivity index (χ4v) is 1.88. The molecule has 6 heteroatoms. The molecule has 2 rings (SSSR count). The number of rotatable bonds is 2. The van der Waals surface area contributed by atoms with Crippen LogP contribution in [0.3, 0.4) is 0 Å². The minimum Gasteiger partial charge on any atom is -0.398 e. The van der Waals surface area contributed by atoms with Crippen molar-refractivity contribution >= 4 is 28.1 Å². The quantitative estimate of drug-likeness (QED) is 0.796. The summed E-state index contributed by atoms with van der Waals surface area (Å²) in [6, 6.07) is 5.20. The molecule has 0 atom stereocenters. The summed E-state index contributed by atoms with van der Waals surface area (Å²) in [5, 5.41) is 11.6. The molecule has 0 saturated heterocycles. The van der Waals surface area contributed by atoms with Crippen molar-refractivity contribution in [3.8, 4) is 0 Å². The number of carbonyl (C=O) groups excluding carboxylic acids is 1. The van der Waals surface area contributed by atoms with Crippen molar-refractivity contribution in [1.82, 2.24) is 10.2 Å². The van der Waals surface area contributed by atoms with E-state index in [-0.39, 0.29) is 5.91 Å². The molecular weight excluding hydrogens is 236 g/mol. The molecule has 88 valence electrons. The number of carbonyl (C=O) groups is 1. The maximum atomic E-state index is 11.9. The Bertz CT molecular complexity index is 564. The summed E-state index contributed by atoms with van der Waals surface area (Å²) in [5.41, 5.74) is 7.82. The predicted molar refractivity (Wildman–Crippen MR) is 68.2 cm³/mol. The molecule has 3 N–H and O–H groups in total. The number of nitrogens with zero attached hydrogens (tertiary/aromatic N) is 2. The molecule has 0 bridgehead atoms. The van der Waals surface area contributed by atoms with Crippen LogP contribution in [0.2, 0.25) is 0 Å². The van der Waals surface area contributed by atoms with Crippen molar-refractivity contribution < 1.29 is 4.79 Å². The van der Waals surface area contributed by atoms with E-state index >= 15 is 0 Å². The normalized spacial score (nSPS) is 10.2.